The molecule has 0 heterocycles. The number of rotatable bonds is 4. The molecule has 0 radical (unpaired) electrons. The van der Waals surface area contributed by atoms with Crippen LogP contribution in [0.5, 0.6) is 0 Å². The highest BCUT2D eigenvalue weighted by Crippen LogP contribution is 2.10. The van der Waals surface area contributed by atoms with E-state index in [2.05, 4.69) is 109 Å². The third-order valence-electron chi connectivity index (χ3n) is 5.07. The van der Waals surface area contributed by atoms with E-state index >= 15 is 0 Å². The lowest BCUT2D eigenvalue weighted by molar-refractivity contribution is 1.49. The van der Waals surface area contributed by atoms with E-state index in [-0.39, 0.29) is 0 Å². The summed E-state index contributed by atoms with van der Waals surface area (Å²) < 4.78 is 0. The fraction of sp³-hybridized carbons (Fsp3) is 0. The molecule has 128 valence electrons. The van der Waals surface area contributed by atoms with E-state index in [1.165, 1.54) is 20.7 Å². The molecule has 27 heavy (non-hydrogen) atoms. The Morgan fingerprint density at radius 2 is 0.778 bits per heavy atom. The summed E-state index contributed by atoms with van der Waals surface area (Å²) in [6.45, 7) is 0. The molecule has 0 aromatic heterocycles. The Bertz CT molecular complexity index is 953. The van der Waals surface area contributed by atoms with Gasteiger partial charge in [0, 0.05) is 0 Å². The first-order chi connectivity index (χ1) is 13.4. The molecule has 0 fully saturated rings. The summed E-state index contributed by atoms with van der Waals surface area (Å²) in [7, 11) is -2.45. The fourth-order valence-electron chi connectivity index (χ4n) is 3.86. The number of hydrogen-bond acceptors (Lipinski definition) is 1. The fourth-order valence-corrected chi connectivity index (χ4v) is 8.60. The minimum atomic E-state index is -2.45. The highest BCUT2D eigenvalue weighted by molar-refractivity contribution is 7.19. The molecule has 0 atom stereocenters. The van der Waals surface area contributed by atoms with Crippen molar-refractivity contribution < 1.29 is 0 Å². The van der Waals surface area contributed by atoms with E-state index in [1.54, 1.807) is 0 Å². The highest BCUT2D eigenvalue weighted by Gasteiger charge is 2.41. The third kappa shape index (κ3) is 2.99. The van der Waals surface area contributed by atoms with Crippen LogP contribution in [0.1, 0.15) is 5.56 Å². The molecule has 4 rings (SSSR count). The minimum Gasteiger partial charge on any atom is -0.192 e. The zero-order valence-electron chi connectivity index (χ0n) is 14.9. The molecular weight excluding hydrogens is 342 g/mol. The topological polar surface area (TPSA) is 23.8 Å². The molecule has 4 aromatic rings. The first-order valence-electron chi connectivity index (χ1n) is 9.03. The lowest BCUT2D eigenvalue weighted by atomic mass is 10.2. The van der Waals surface area contributed by atoms with Crippen molar-refractivity contribution in [2.45, 2.75) is 0 Å². The maximum atomic E-state index is 9.24. The molecule has 4 aromatic carbocycles. The van der Waals surface area contributed by atoms with Crippen LogP contribution in [0, 0.1) is 11.3 Å². The molecule has 0 aliphatic carbocycles. The summed E-state index contributed by atoms with van der Waals surface area (Å²) in [6, 6.07) is 42.7. The zero-order chi connectivity index (χ0) is 18.5. The van der Waals surface area contributed by atoms with Crippen LogP contribution < -0.4 is 20.7 Å². The molecule has 0 spiro atoms. The molecule has 0 aliphatic heterocycles. The lowest BCUT2D eigenvalue weighted by Gasteiger charge is -2.34. The van der Waals surface area contributed by atoms with Crippen LogP contribution in [-0.2, 0) is 0 Å². The third-order valence-corrected chi connectivity index (χ3v) is 9.86. The Labute approximate surface area is 161 Å². The van der Waals surface area contributed by atoms with Gasteiger partial charge in [-0.25, -0.2) is 0 Å². The van der Waals surface area contributed by atoms with E-state index in [0.29, 0.717) is 5.56 Å². The van der Waals surface area contributed by atoms with Crippen LogP contribution in [0.2, 0.25) is 0 Å². The average Bonchev–Trinajstić information content (AvgIpc) is 2.77. The molecule has 0 bridgehead atoms. The van der Waals surface area contributed by atoms with Gasteiger partial charge in [-0.1, -0.05) is 103 Å². The Hall–Kier alpha value is -3.41. The number of nitrogens with zero attached hydrogens (tertiary/aromatic N) is 1. The summed E-state index contributed by atoms with van der Waals surface area (Å²) in [5, 5.41) is 14.5. The molecule has 0 aliphatic rings. The number of benzene rings is 4. The SMILES string of the molecule is N#Cc1ccc([Si](c2ccccc2)(c2ccccc2)c2ccccc2)cc1. The van der Waals surface area contributed by atoms with Crippen LogP contribution in [0.3, 0.4) is 0 Å². The molecule has 0 unspecified atom stereocenters. The highest BCUT2D eigenvalue weighted by atomic mass is 28.3. The molecule has 0 N–H and O–H groups in total. The van der Waals surface area contributed by atoms with Crippen molar-refractivity contribution in [3.8, 4) is 6.07 Å². The zero-order valence-corrected chi connectivity index (χ0v) is 15.9. The van der Waals surface area contributed by atoms with Crippen molar-refractivity contribution in [1.82, 2.24) is 0 Å². The second-order valence-corrected chi connectivity index (χ2v) is 10.3. The van der Waals surface area contributed by atoms with E-state index in [0.717, 1.165) is 0 Å². The van der Waals surface area contributed by atoms with Gasteiger partial charge in [0.25, 0.3) is 0 Å². The number of nitriles is 1. The quantitative estimate of drug-likeness (QED) is 0.405. The van der Waals surface area contributed by atoms with Gasteiger partial charge < -0.3 is 0 Å². The van der Waals surface area contributed by atoms with Crippen molar-refractivity contribution in [3.63, 3.8) is 0 Å². The molecule has 1 nitrogen and oxygen atoms in total. The second-order valence-electron chi connectivity index (χ2n) is 6.54. The van der Waals surface area contributed by atoms with E-state index in [4.69, 9.17) is 0 Å². The maximum Gasteiger partial charge on any atom is 0.179 e. The second kappa shape index (κ2) is 7.45. The predicted molar refractivity (Wildman–Crippen MR) is 115 cm³/mol. The summed E-state index contributed by atoms with van der Waals surface area (Å²) in [5.41, 5.74) is 0.691. The molecule has 2 heteroatoms. The maximum absolute atomic E-state index is 9.24. The Kier molecular flexibility index (Phi) is 4.70. The van der Waals surface area contributed by atoms with Crippen molar-refractivity contribution in [2.24, 2.45) is 0 Å². The summed E-state index contributed by atoms with van der Waals surface area (Å²) in [5.74, 6) is 0. The predicted octanol–water partition coefficient (Wildman–Crippen LogP) is 2.94. The van der Waals surface area contributed by atoms with Crippen LogP contribution in [0.15, 0.2) is 115 Å². The van der Waals surface area contributed by atoms with Gasteiger partial charge in [-0.15, -0.1) is 0 Å². The standard InChI is InChI=1S/C25H19NSi/c26-20-21-16-18-25(19-17-21)27(22-10-4-1-5-11-22,23-12-6-2-7-13-23)24-14-8-3-9-15-24/h1-19H. The monoisotopic (exact) mass is 361 g/mol. The Morgan fingerprint density at radius 1 is 0.444 bits per heavy atom. The number of hydrogen-bond donors (Lipinski definition) is 0. The van der Waals surface area contributed by atoms with E-state index in [9.17, 15) is 5.26 Å². The van der Waals surface area contributed by atoms with Crippen molar-refractivity contribution in [3.05, 3.63) is 121 Å². The van der Waals surface area contributed by atoms with Crippen LogP contribution in [0.4, 0.5) is 0 Å². The first-order valence-corrected chi connectivity index (χ1v) is 11.0. The summed E-state index contributed by atoms with van der Waals surface area (Å²) in [6.07, 6.45) is 0. The summed E-state index contributed by atoms with van der Waals surface area (Å²) in [4.78, 5) is 0. The molecule has 0 amide bonds. The Morgan fingerprint density at radius 3 is 1.11 bits per heavy atom. The molecule has 0 saturated heterocycles. The Balaban J connectivity index is 2.11. The van der Waals surface area contributed by atoms with Crippen LogP contribution >= 0.6 is 0 Å². The van der Waals surface area contributed by atoms with Crippen molar-refractivity contribution >= 4 is 28.8 Å². The van der Waals surface area contributed by atoms with Crippen molar-refractivity contribution in [1.29, 1.82) is 5.26 Å². The van der Waals surface area contributed by atoms with Gasteiger partial charge in [0.15, 0.2) is 8.07 Å². The van der Waals surface area contributed by atoms with Gasteiger partial charge in [0.05, 0.1) is 11.6 Å². The smallest absolute Gasteiger partial charge is 0.179 e. The normalized spacial score (nSPS) is 10.9. The summed E-state index contributed by atoms with van der Waals surface area (Å²) >= 11 is 0. The lowest BCUT2D eigenvalue weighted by Crippen LogP contribution is -2.74. The van der Waals surface area contributed by atoms with E-state index in [1.807, 2.05) is 12.1 Å². The van der Waals surface area contributed by atoms with Crippen molar-refractivity contribution in [2.75, 3.05) is 0 Å². The van der Waals surface area contributed by atoms with E-state index < -0.39 is 8.07 Å². The van der Waals surface area contributed by atoms with Gasteiger partial charge in [-0.2, -0.15) is 5.26 Å². The van der Waals surface area contributed by atoms with Crippen LogP contribution in [0.25, 0.3) is 0 Å². The van der Waals surface area contributed by atoms with Crippen LogP contribution in [-0.4, -0.2) is 8.07 Å². The average molecular weight is 362 g/mol. The van der Waals surface area contributed by atoms with Gasteiger partial charge in [0.1, 0.15) is 0 Å². The minimum absolute atomic E-state index is 0.691. The largest absolute Gasteiger partial charge is 0.192 e. The van der Waals surface area contributed by atoms with Gasteiger partial charge in [0.2, 0.25) is 0 Å². The van der Waals surface area contributed by atoms with Gasteiger partial charge >= 0.3 is 0 Å². The first kappa shape index (κ1) is 17.0. The van der Waals surface area contributed by atoms with Gasteiger partial charge in [-0.3, -0.25) is 0 Å². The van der Waals surface area contributed by atoms with Gasteiger partial charge in [-0.05, 0) is 32.9 Å². The molecular formula is C25H19NSi. The molecule has 0 saturated carbocycles.